The number of hydrogen-bond acceptors (Lipinski definition) is 5. The monoisotopic (exact) mass is 418 g/mol. The van der Waals surface area contributed by atoms with Crippen molar-refractivity contribution >= 4 is 21.6 Å². The number of nitrogens with zero attached hydrogens (tertiary/aromatic N) is 1. The first-order valence-corrected chi connectivity index (χ1v) is 11.0. The molecule has 2 aromatic carbocycles. The molecule has 1 heterocycles. The lowest BCUT2D eigenvalue weighted by Gasteiger charge is -2.25. The van der Waals surface area contributed by atoms with Gasteiger partial charge in [0.2, 0.25) is 5.91 Å². The maximum absolute atomic E-state index is 13.5. The van der Waals surface area contributed by atoms with E-state index in [2.05, 4.69) is 5.32 Å². The first kappa shape index (κ1) is 21.1. The third kappa shape index (κ3) is 5.07. The van der Waals surface area contributed by atoms with Gasteiger partial charge in [-0.3, -0.25) is 9.10 Å². The fraction of sp³-hybridized carbons (Fsp3) is 0.381. The molecule has 1 saturated heterocycles. The van der Waals surface area contributed by atoms with Crippen LogP contribution in [0, 0.1) is 6.92 Å². The van der Waals surface area contributed by atoms with Crippen LogP contribution in [0.3, 0.4) is 0 Å². The number of nitrogens with one attached hydrogen (secondary N) is 1. The van der Waals surface area contributed by atoms with Gasteiger partial charge in [0.15, 0.2) is 0 Å². The molecule has 3 rings (SSSR count). The zero-order valence-electron chi connectivity index (χ0n) is 16.6. The van der Waals surface area contributed by atoms with E-state index < -0.39 is 10.0 Å². The summed E-state index contributed by atoms with van der Waals surface area (Å²) in [4.78, 5) is 12.6. The van der Waals surface area contributed by atoms with Crippen molar-refractivity contribution < 1.29 is 22.7 Å². The van der Waals surface area contributed by atoms with Crippen LogP contribution in [0.4, 0.5) is 5.69 Å². The lowest BCUT2D eigenvalue weighted by molar-refractivity contribution is -0.120. The number of ether oxygens (including phenoxy) is 2. The number of sulfonamides is 1. The van der Waals surface area contributed by atoms with Crippen molar-refractivity contribution in [3.63, 3.8) is 0 Å². The molecule has 0 saturated carbocycles. The smallest absolute Gasteiger partial charge is 0.268 e. The molecule has 2 aromatic rings. The standard InChI is InChI=1S/C21H26N2O5S/c1-16-10-11-19(27-2)20(13-16)29(25,26)23(17-7-4-3-5-8-17)15-21(24)22-14-18-9-6-12-28-18/h3-5,7-8,10-11,13,18H,6,9,12,14-15H2,1-2H3,(H,22,24)/t18-/m1/s1. The number of para-hydroxylation sites is 1. The molecule has 156 valence electrons. The number of methoxy groups -OCH3 is 1. The predicted molar refractivity (Wildman–Crippen MR) is 111 cm³/mol. The minimum atomic E-state index is -4.04. The van der Waals surface area contributed by atoms with Crippen LogP contribution in [0.25, 0.3) is 0 Å². The van der Waals surface area contributed by atoms with Gasteiger partial charge in [0.25, 0.3) is 10.0 Å². The van der Waals surface area contributed by atoms with Crippen molar-refractivity contribution in [3.05, 3.63) is 54.1 Å². The molecule has 0 radical (unpaired) electrons. The normalized spacial score (nSPS) is 16.4. The van der Waals surface area contributed by atoms with Gasteiger partial charge < -0.3 is 14.8 Å². The molecular formula is C21H26N2O5S. The summed E-state index contributed by atoms with van der Waals surface area (Å²) < 4.78 is 38.9. The topological polar surface area (TPSA) is 84.9 Å². The summed E-state index contributed by atoms with van der Waals surface area (Å²) in [6.07, 6.45) is 1.84. The Hall–Kier alpha value is -2.58. The quantitative estimate of drug-likeness (QED) is 0.712. The van der Waals surface area contributed by atoms with Crippen molar-refractivity contribution in [2.75, 3.05) is 31.1 Å². The van der Waals surface area contributed by atoms with Crippen LogP contribution in [0.15, 0.2) is 53.4 Å². The highest BCUT2D eigenvalue weighted by molar-refractivity contribution is 7.93. The van der Waals surface area contributed by atoms with Crippen LogP contribution in [0.5, 0.6) is 5.75 Å². The highest BCUT2D eigenvalue weighted by atomic mass is 32.2. The molecule has 0 unspecified atom stereocenters. The molecule has 1 aliphatic rings. The Morgan fingerprint density at radius 2 is 2.00 bits per heavy atom. The Morgan fingerprint density at radius 1 is 1.24 bits per heavy atom. The third-order valence-corrected chi connectivity index (χ3v) is 6.56. The fourth-order valence-corrected chi connectivity index (χ4v) is 4.90. The lowest BCUT2D eigenvalue weighted by Crippen LogP contribution is -2.43. The van der Waals surface area contributed by atoms with Crippen molar-refractivity contribution in [1.82, 2.24) is 5.32 Å². The van der Waals surface area contributed by atoms with E-state index in [0.29, 0.717) is 18.8 Å². The van der Waals surface area contributed by atoms with Crippen molar-refractivity contribution in [3.8, 4) is 5.75 Å². The molecule has 0 aromatic heterocycles. The van der Waals surface area contributed by atoms with Crippen LogP contribution in [-0.2, 0) is 19.6 Å². The van der Waals surface area contributed by atoms with Gasteiger partial charge in [-0.05, 0) is 49.6 Å². The molecule has 0 spiro atoms. The van der Waals surface area contributed by atoms with Crippen molar-refractivity contribution in [1.29, 1.82) is 0 Å². The Bertz CT molecular complexity index is 941. The summed E-state index contributed by atoms with van der Waals surface area (Å²) in [6, 6.07) is 13.5. The van der Waals surface area contributed by atoms with Gasteiger partial charge in [-0.1, -0.05) is 24.3 Å². The van der Waals surface area contributed by atoms with Gasteiger partial charge in [0.1, 0.15) is 17.2 Å². The zero-order valence-corrected chi connectivity index (χ0v) is 17.4. The van der Waals surface area contributed by atoms with Crippen LogP contribution in [0.1, 0.15) is 18.4 Å². The van der Waals surface area contributed by atoms with E-state index in [4.69, 9.17) is 9.47 Å². The van der Waals surface area contributed by atoms with Crippen LogP contribution < -0.4 is 14.4 Å². The number of amides is 1. The molecular weight excluding hydrogens is 392 g/mol. The van der Waals surface area contributed by atoms with Gasteiger partial charge >= 0.3 is 0 Å². The molecule has 1 amide bonds. The minimum absolute atomic E-state index is 0.0161. The zero-order chi connectivity index (χ0) is 20.9. The number of hydrogen-bond donors (Lipinski definition) is 1. The first-order chi connectivity index (χ1) is 13.9. The average molecular weight is 419 g/mol. The molecule has 8 heteroatoms. The first-order valence-electron chi connectivity index (χ1n) is 9.52. The number of anilines is 1. The molecule has 0 aliphatic carbocycles. The van der Waals surface area contributed by atoms with E-state index in [1.807, 2.05) is 0 Å². The summed E-state index contributed by atoms with van der Waals surface area (Å²) in [5.74, 6) is -0.157. The summed E-state index contributed by atoms with van der Waals surface area (Å²) >= 11 is 0. The van der Waals surface area contributed by atoms with Crippen molar-refractivity contribution in [2.24, 2.45) is 0 Å². The Morgan fingerprint density at radius 3 is 2.66 bits per heavy atom. The summed E-state index contributed by atoms with van der Waals surface area (Å²) in [5, 5.41) is 2.79. The molecule has 7 nitrogen and oxygen atoms in total. The Kier molecular flexibility index (Phi) is 6.76. The van der Waals surface area contributed by atoms with E-state index in [1.54, 1.807) is 55.5 Å². The highest BCUT2D eigenvalue weighted by Crippen LogP contribution is 2.30. The number of benzene rings is 2. The maximum atomic E-state index is 13.5. The second-order valence-electron chi connectivity index (χ2n) is 6.94. The van der Waals surface area contributed by atoms with Crippen LogP contribution in [-0.4, -0.2) is 47.2 Å². The highest BCUT2D eigenvalue weighted by Gasteiger charge is 2.30. The minimum Gasteiger partial charge on any atom is -0.495 e. The Labute approximate surface area is 171 Å². The fourth-order valence-electron chi connectivity index (χ4n) is 3.23. The number of aryl methyl sites for hydroxylation is 1. The van der Waals surface area contributed by atoms with E-state index in [-0.39, 0.29) is 29.2 Å². The molecule has 1 aliphatic heterocycles. The summed E-state index contributed by atoms with van der Waals surface area (Å²) in [7, 11) is -2.61. The second-order valence-corrected chi connectivity index (χ2v) is 8.77. The number of carbonyl (C=O) groups excluding carboxylic acids is 1. The second kappa shape index (κ2) is 9.28. The predicted octanol–water partition coefficient (Wildman–Crippen LogP) is 2.49. The SMILES string of the molecule is COc1ccc(C)cc1S(=O)(=O)N(CC(=O)NC[C@H]1CCCO1)c1ccccc1. The summed E-state index contributed by atoms with van der Waals surface area (Å²) in [5.41, 5.74) is 1.18. The van der Waals surface area contributed by atoms with E-state index in [0.717, 1.165) is 22.7 Å². The molecule has 29 heavy (non-hydrogen) atoms. The molecule has 1 N–H and O–H groups in total. The van der Waals surface area contributed by atoms with Gasteiger partial charge in [0, 0.05) is 13.2 Å². The van der Waals surface area contributed by atoms with Crippen molar-refractivity contribution in [2.45, 2.75) is 30.8 Å². The van der Waals surface area contributed by atoms with E-state index in [9.17, 15) is 13.2 Å². The number of carbonyl (C=O) groups is 1. The van der Waals surface area contributed by atoms with Gasteiger partial charge in [-0.15, -0.1) is 0 Å². The Balaban J connectivity index is 1.89. The van der Waals surface area contributed by atoms with Gasteiger partial charge in [-0.2, -0.15) is 0 Å². The largest absolute Gasteiger partial charge is 0.495 e. The van der Waals surface area contributed by atoms with E-state index in [1.165, 1.54) is 7.11 Å². The van der Waals surface area contributed by atoms with Crippen LogP contribution in [0.2, 0.25) is 0 Å². The van der Waals surface area contributed by atoms with E-state index >= 15 is 0 Å². The van der Waals surface area contributed by atoms with Gasteiger partial charge in [0.05, 0.1) is 18.9 Å². The van der Waals surface area contributed by atoms with Crippen LogP contribution >= 0.6 is 0 Å². The average Bonchev–Trinajstić information content (AvgIpc) is 3.24. The molecule has 1 fully saturated rings. The van der Waals surface area contributed by atoms with Gasteiger partial charge in [-0.25, -0.2) is 8.42 Å². The molecule has 0 bridgehead atoms. The lowest BCUT2D eigenvalue weighted by atomic mass is 10.2. The summed E-state index contributed by atoms with van der Waals surface area (Å²) in [6.45, 7) is 2.53. The number of rotatable bonds is 8. The molecule has 1 atom stereocenters. The third-order valence-electron chi connectivity index (χ3n) is 4.77. The maximum Gasteiger partial charge on any atom is 0.268 e.